The van der Waals surface area contributed by atoms with Gasteiger partial charge in [0.2, 0.25) is 0 Å². The van der Waals surface area contributed by atoms with Gasteiger partial charge in [-0.25, -0.2) is 5.01 Å². The van der Waals surface area contributed by atoms with Crippen LogP contribution in [0, 0.1) is 17.8 Å². The number of imide groups is 1. The number of nitrogens with zero attached hydrogens (tertiary/aromatic N) is 2. The number of benzene rings is 2. The molecule has 0 N–H and O–H groups in total. The summed E-state index contributed by atoms with van der Waals surface area (Å²) >= 11 is 12.3. The molecule has 1 aliphatic heterocycles. The van der Waals surface area contributed by atoms with Gasteiger partial charge in [0.05, 0.1) is 22.4 Å². The summed E-state index contributed by atoms with van der Waals surface area (Å²) in [5.74, 6) is -3.37. The van der Waals surface area contributed by atoms with Crippen molar-refractivity contribution in [3.63, 3.8) is 0 Å². The maximum atomic E-state index is 13.9. The van der Waals surface area contributed by atoms with Crippen molar-refractivity contribution in [3.05, 3.63) is 81.9 Å². The molecule has 1 saturated heterocycles. The first kappa shape index (κ1) is 24.2. The van der Waals surface area contributed by atoms with Crippen molar-refractivity contribution in [2.24, 2.45) is 17.8 Å². The van der Waals surface area contributed by atoms with Crippen molar-refractivity contribution in [1.82, 2.24) is 10.0 Å². The molecular weight excluding hydrogens is 475 g/mol. The van der Waals surface area contributed by atoms with Gasteiger partial charge < -0.3 is 0 Å². The number of carbonyl (C=O) groups excluding carboxylic acids is 4. The summed E-state index contributed by atoms with van der Waals surface area (Å²) in [5.41, 5.74) is 0.424. The van der Waals surface area contributed by atoms with Crippen LogP contribution in [0.4, 0.5) is 0 Å². The Labute approximate surface area is 208 Å². The van der Waals surface area contributed by atoms with Gasteiger partial charge in [0.15, 0.2) is 5.78 Å². The zero-order valence-corrected chi connectivity index (χ0v) is 20.3. The number of hydrazine groups is 1. The van der Waals surface area contributed by atoms with Gasteiger partial charge in [-0.3, -0.25) is 19.2 Å². The summed E-state index contributed by atoms with van der Waals surface area (Å²) in [5, 5.41) is 2.30. The summed E-state index contributed by atoms with van der Waals surface area (Å²) in [6, 6.07) is 11.8. The van der Waals surface area contributed by atoms with Gasteiger partial charge in [0.25, 0.3) is 17.7 Å². The van der Waals surface area contributed by atoms with Crippen molar-refractivity contribution in [1.29, 1.82) is 0 Å². The lowest BCUT2D eigenvalue weighted by Gasteiger charge is -2.36. The number of ketones is 1. The molecule has 6 nitrogen and oxygen atoms in total. The quantitative estimate of drug-likeness (QED) is 0.311. The highest BCUT2D eigenvalue weighted by molar-refractivity contribution is 6.36. The van der Waals surface area contributed by atoms with Crippen LogP contribution in [0.3, 0.4) is 0 Å². The van der Waals surface area contributed by atoms with Crippen LogP contribution < -0.4 is 0 Å². The van der Waals surface area contributed by atoms with E-state index in [1.165, 1.54) is 18.2 Å². The van der Waals surface area contributed by atoms with E-state index in [2.05, 4.69) is 0 Å². The van der Waals surface area contributed by atoms with Crippen LogP contribution in [0.2, 0.25) is 10.0 Å². The number of amides is 3. The summed E-state index contributed by atoms with van der Waals surface area (Å²) in [6.45, 7) is 3.61. The summed E-state index contributed by atoms with van der Waals surface area (Å²) in [7, 11) is 0. The van der Waals surface area contributed by atoms with Crippen molar-refractivity contribution >= 4 is 46.7 Å². The van der Waals surface area contributed by atoms with E-state index in [0.717, 1.165) is 10.0 Å². The molecule has 1 heterocycles. The molecule has 0 spiro atoms. The van der Waals surface area contributed by atoms with Gasteiger partial charge in [-0.1, -0.05) is 79.5 Å². The molecule has 0 unspecified atom stereocenters. The Morgan fingerprint density at radius 2 is 1.79 bits per heavy atom. The lowest BCUT2D eigenvalue weighted by Crippen LogP contribution is -2.57. The molecule has 1 fully saturated rings. The van der Waals surface area contributed by atoms with E-state index >= 15 is 0 Å². The highest BCUT2D eigenvalue weighted by Gasteiger charge is 2.54. The molecule has 2 aromatic rings. The molecule has 8 heteroatoms. The minimum atomic E-state index is -1.09. The fraction of sp³-hybridized carbons (Fsp3) is 0.308. The van der Waals surface area contributed by atoms with Gasteiger partial charge in [-0.15, -0.1) is 0 Å². The average Bonchev–Trinajstić information content (AvgIpc) is 3.08. The first-order valence-electron chi connectivity index (χ1n) is 11.2. The normalized spacial score (nSPS) is 22.5. The third-order valence-electron chi connectivity index (χ3n) is 6.48. The number of halogens is 2. The fourth-order valence-electron chi connectivity index (χ4n) is 4.77. The Morgan fingerprint density at radius 1 is 1.09 bits per heavy atom. The number of Topliss-reactive ketones (excluding diaryl/α,β-unsaturated/α-hetero) is 1. The highest BCUT2D eigenvalue weighted by atomic mass is 35.5. The zero-order valence-electron chi connectivity index (χ0n) is 18.8. The molecule has 4 rings (SSSR count). The molecule has 0 saturated carbocycles. The number of allylic oxidation sites excluding steroid dienone is 2. The van der Waals surface area contributed by atoms with E-state index in [-0.39, 0.29) is 28.7 Å². The molecule has 2 aromatic carbocycles. The van der Waals surface area contributed by atoms with Crippen molar-refractivity contribution < 1.29 is 19.2 Å². The van der Waals surface area contributed by atoms with Gasteiger partial charge in [-0.2, -0.15) is 5.01 Å². The molecule has 4 atom stereocenters. The largest absolute Gasteiger partial charge is 0.292 e. The van der Waals surface area contributed by atoms with Crippen LogP contribution in [0.25, 0.3) is 0 Å². The number of hydrogen-bond donors (Lipinski definition) is 0. The van der Waals surface area contributed by atoms with Crippen LogP contribution in [0.1, 0.15) is 47.4 Å². The molecule has 0 radical (unpaired) electrons. The minimum absolute atomic E-state index is 0.0482. The maximum Gasteiger partial charge on any atom is 0.275 e. The second-order valence-electron chi connectivity index (χ2n) is 8.57. The van der Waals surface area contributed by atoms with Gasteiger partial charge >= 0.3 is 0 Å². The third-order valence-corrected chi connectivity index (χ3v) is 7.03. The van der Waals surface area contributed by atoms with Gasteiger partial charge in [0, 0.05) is 10.6 Å². The predicted octanol–water partition coefficient (Wildman–Crippen LogP) is 5.21. The fourth-order valence-corrected chi connectivity index (χ4v) is 5.25. The third kappa shape index (κ3) is 4.17. The Hall–Kier alpha value is -2.96. The van der Waals surface area contributed by atoms with Gasteiger partial charge in [0.1, 0.15) is 6.04 Å². The predicted molar refractivity (Wildman–Crippen MR) is 129 cm³/mol. The lowest BCUT2D eigenvalue weighted by molar-refractivity contribution is -0.156. The lowest BCUT2D eigenvalue weighted by atomic mass is 9.78. The van der Waals surface area contributed by atoms with Crippen LogP contribution in [-0.2, 0) is 9.59 Å². The van der Waals surface area contributed by atoms with Crippen LogP contribution in [0.15, 0.2) is 60.7 Å². The summed E-state index contributed by atoms with van der Waals surface area (Å²) in [4.78, 5) is 54.5. The van der Waals surface area contributed by atoms with Crippen molar-refractivity contribution in [3.8, 4) is 0 Å². The number of hydrogen-bond acceptors (Lipinski definition) is 4. The Bertz CT molecular complexity index is 1180. The standard InChI is InChI=1S/C26H24Cl2N2O4/c1-3-21(23(31)16-9-5-4-6-10-16)29(24(32)18-13-12-17(27)14-20(18)28)30-25(33)19-11-7-8-15(2)22(19)26(30)34/h4-10,12-15,19,21-22H,3,11H2,1-2H3/t15-,19+,21+,22-/m0/s1. The molecular formula is C26H24Cl2N2O4. The first-order valence-corrected chi connectivity index (χ1v) is 11.9. The van der Waals surface area contributed by atoms with E-state index in [9.17, 15) is 19.2 Å². The van der Waals surface area contributed by atoms with Crippen molar-refractivity contribution in [2.75, 3.05) is 0 Å². The minimum Gasteiger partial charge on any atom is -0.292 e. The molecule has 0 aromatic heterocycles. The van der Waals surface area contributed by atoms with E-state index in [1.54, 1.807) is 37.3 Å². The van der Waals surface area contributed by atoms with E-state index in [1.807, 2.05) is 19.1 Å². The van der Waals surface area contributed by atoms with E-state index in [0.29, 0.717) is 17.0 Å². The SMILES string of the molecule is CC[C@H](C(=O)c1ccccc1)N(C(=O)c1ccc(Cl)cc1Cl)N1C(=O)[C@H]2[C@@H](C)C=CC[C@H]2C1=O. The summed E-state index contributed by atoms with van der Waals surface area (Å²) < 4.78 is 0. The van der Waals surface area contributed by atoms with Crippen LogP contribution in [-0.4, -0.2) is 39.6 Å². The Morgan fingerprint density at radius 3 is 2.41 bits per heavy atom. The smallest absolute Gasteiger partial charge is 0.275 e. The van der Waals surface area contributed by atoms with E-state index < -0.39 is 35.6 Å². The maximum absolute atomic E-state index is 13.9. The van der Waals surface area contributed by atoms with Crippen LogP contribution >= 0.6 is 23.2 Å². The van der Waals surface area contributed by atoms with Crippen molar-refractivity contribution in [2.45, 2.75) is 32.7 Å². The first-order chi connectivity index (χ1) is 16.3. The zero-order chi connectivity index (χ0) is 24.6. The average molecular weight is 499 g/mol. The highest BCUT2D eigenvalue weighted by Crippen LogP contribution is 2.40. The summed E-state index contributed by atoms with van der Waals surface area (Å²) in [6.07, 6.45) is 4.38. The topological polar surface area (TPSA) is 74.8 Å². The second-order valence-corrected chi connectivity index (χ2v) is 9.42. The number of rotatable bonds is 6. The Balaban J connectivity index is 1.83. The Kier molecular flexibility index (Phi) is 6.91. The van der Waals surface area contributed by atoms with E-state index in [4.69, 9.17) is 23.2 Å². The molecule has 0 bridgehead atoms. The molecule has 1 aliphatic carbocycles. The molecule has 3 amide bonds. The second kappa shape index (κ2) is 9.72. The monoisotopic (exact) mass is 498 g/mol. The molecule has 2 aliphatic rings. The number of carbonyl (C=O) groups is 4. The van der Waals surface area contributed by atoms with Crippen LogP contribution in [0.5, 0.6) is 0 Å². The molecule has 34 heavy (non-hydrogen) atoms. The number of fused-ring (bicyclic) bond motifs is 1. The van der Waals surface area contributed by atoms with Gasteiger partial charge in [-0.05, 0) is 37.0 Å². The molecule has 176 valence electrons.